The maximum absolute atomic E-state index is 13.5. The molecule has 3 heterocycles. The number of carbonyl (C=O) groups excluding carboxylic acids is 2. The summed E-state index contributed by atoms with van der Waals surface area (Å²) in [7, 11) is 3.60. The van der Waals surface area contributed by atoms with E-state index in [1.807, 2.05) is 46.0 Å². The van der Waals surface area contributed by atoms with Crippen LogP contribution in [0, 0.1) is 11.8 Å². The van der Waals surface area contributed by atoms with E-state index in [0.717, 1.165) is 30.7 Å². The first kappa shape index (κ1) is 20.2. The molecule has 3 fully saturated rings. The lowest BCUT2D eigenvalue weighted by Gasteiger charge is -2.39. The number of carbonyl (C=O) groups is 2. The molecule has 3 aliphatic heterocycles. The minimum Gasteiger partial charge on any atom is -0.497 e. The van der Waals surface area contributed by atoms with Crippen molar-refractivity contribution in [3.05, 3.63) is 29.8 Å². The summed E-state index contributed by atoms with van der Waals surface area (Å²) in [5, 5.41) is 9.39. The fourth-order valence-electron chi connectivity index (χ4n) is 5.22. The first-order valence-corrected chi connectivity index (χ1v) is 10.5. The molecule has 1 N–H and O–H groups in total. The van der Waals surface area contributed by atoms with Crippen LogP contribution in [0.2, 0.25) is 0 Å². The Balaban J connectivity index is 1.61. The average molecular weight is 402 g/mol. The summed E-state index contributed by atoms with van der Waals surface area (Å²) >= 11 is 0. The summed E-state index contributed by atoms with van der Waals surface area (Å²) in [6, 6.07) is 7.60. The summed E-state index contributed by atoms with van der Waals surface area (Å²) in [4.78, 5) is 32.4. The smallest absolute Gasteiger partial charge is 0.237 e. The molecule has 7 heteroatoms. The van der Waals surface area contributed by atoms with E-state index in [2.05, 4.69) is 0 Å². The van der Waals surface area contributed by atoms with E-state index >= 15 is 0 Å². The lowest BCUT2D eigenvalue weighted by molar-refractivity contribution is -0.142. The third-order valence-electron chi connectivity index (χ3n) is 6.77. The highest BCUT2D eigenvalue weighted by molar-refractivity contribution is 5.85. The molecule has 0 saturated carbocycles. The molecule has 3 atom stereocenters. The van der Waals surface area contributed by atoms with Crippen molar-refractivity contribution in [2.45, 2.75) is 31.3 Å². The number of piperazine rings is 1. The molecule has 4 rings (SSSR count). The lowest BCUT2D eigenvalue weighted by atomic mass is 9.90. The molecule has 1 aromatic carbocycles. The highest BCUT2D eigenvalue weighted by Gasteiger charge is 2.50. The van der Waals surface area contributed by atoms with Gasteiger partial charge in [-0.2, -0.15) is 0 Å². The molecule has 3 aliphatic rings. The Bertz CT molecular complexity index is 745. The Hall–Kier alpha value is -2.12. The molecular weight excluding hydrogens is 370 g/mol. The number of piperidine rings is 1. The van der Waals surface area contributed by atoms with Gasteiger partial charge in [-0.25, -0.2) is 0 Å². The third-order valence-corrected chi connectivity index (χ3v) is 6.77. The maximum atomic E-state index is 13.5. The molecule has 0 aliphatic carbocycles. The lowest BCUT2D eigenvalue weighted by Crippen LogP contribution is -2.53. The van der Waals surface area contributed by atoms with E-state index in [1.165, 1.54) is 0 Å². The highest BCUT2D eigenvalue weighted by Crippen LogP contribution is 2.44. The fourth-order valence-corrected chi connectivity index (χ4v) is 5.22. The molecule has 0 spiro atoms. The molecule has 0 aromatic heterocycles. The molecule has 2 amide bonds. The quantitative estimate of drug-likeness (QED) is 0.819. The number of nitrogens with zero attached hydrogens (tertiary/aromatic N) is 3. The van der Waals surface area contributed by atoms with Crippen molar-refractivity contribution in [2.24, 2.45) is 11.8 Å². The van der Waals surface area contributed by atoms with Gasteiger partial charge < -0.3 is 19.6 Å². The monoisotopic (exact) mass is 401 g/mol. The Morgan fingerprint density at radius 2 is 1.90 bits per heavy atom. The van der Waals surface area contributed by atoms with Crippen molar-refractivity contribution in [3.63, 3.8) is 0 Å². The number of aliphatic hydroxyl groups is 1. The number of hydrogen-bond donors (Lipinski definition) is 1. The van der Waals surface area contributed by atoms with Gasteiger partial charge in [-0.15, -0.1) is 0 Å². The van der Waals surface area contributed by atoms with E-state index in [9.17, 15) is 14.7 Å². The van der Waals surface area contributed by atoms with Crippen molar-refractivity contribution < 1.29 is 19.4 Å². The first-order valence-electron chi connectivity index (χ1n) is 10.5. The number of amides is 2. The largest absolute Gasteiger partial charge is 0.497 e. The molecular formula is C22H31N3O4. The summed E-state index contributed by atoms with van der Waals surface area (Å²) in [6.07, 6.45) is 2.39. The van der Waals surface area contributed by atoms with Gasteiger partial charge in [0.15, 0.2) is 0 Å². The van der Waals surface area contributed by atoms with Gasteiger partial charge in [-0.3, -0.25) is 14.5 Å². The number of rotatable bonds is 4. The molecule has 29 heavy (non-hydrogen) atoms. The standard InChI is InChI=1S/C22H31N3O4/c1-23-12-17-11-19(22(28)24-9-7-15(14-26)8-10-24)21(25(17)20(27)13-23)16-3-5-18(29-2)6-4-16/h3-6,15,17,19,21,26H,7-14H2,1-2H3/t17-,19-,21-/m1/s1. The van der Waals surface area contributed by atoms with Crippen LogP contribution < -0.4 is 4.74 Å². The normalized spacial score (nSPS) is 28.5. The van der Waals surface area contributed by atoms with Gasteiger partial charge in [0, 0.05) is 32.3 Å². The number of benzene rings is 1. The van der Waals surface area contributed by atoms with Crippen LogP contribution in [-0.2, 0) is 9.59 Å². The zero-order chi connectivity index (χ0) is 20.5. The number of likely N-dealkylation sites (N-methyl/N-ethyl adjacent to an activating group) is 1. The highest BCUT2D eigenvalue weighted by atomic mass is 16.5. The molecule has 0 unspecified atom stereocenters. The molecule has 0 bridgehead atoms. The Morgan fingerprint density at radius 3 is 2.52 bits per heavy atom. The zero-order valence-electron chi connectivity index (χ0n) is 17.3. The fraction of sp³-hybridized carbons (Fsp3) is 0.636. The Labute approximate surface area is 172 Å². The van der Waals surface area contributed by atoms with Crippen molar-refractivity contribution in [1.82, 2.24) is 14.7 Å². The van der Waals surface area contributed by atoms with Crippen molar-refractivity contribution in [2.75, 3.05) is 46.9 Å². The Kier molecular flexibility index (Phi) is 5.79. The molecule has 0 radical (unpaired) electrons. The second kappa shape index (κ2) is 8.32. The van der Waals surface area contributed by atoms with Gasteiger partial charge in [0.2, 0.25) is 11.8 Å². The summed E-state index contributed by atoms with van der Waals surface area (Å²) in [5.74, 6) is 1.07. The number of fused-ring (bicyclic) bond motifs is 1. The second-order valence-electron chi connectivity index (χ2n) is 8.66. The predicted octanol–water partition coefficient (Wildman–Crippen LogP) is 1.13. The zero-order valence-corrected chi connectivity index (χ0v) is 17.3. The topological polar surface area (TPSA) is 73.3 Å². The number of ether oxygens (including phenoxy) is 1. The van der Waals surface area contributed by atoms with E-state index in [0.29, 0.717) is 32.0 Å². The van der Waals surface area contributed by atoms with Crippen LogP contribution in [0.25, 0.3) is 0 Å². The van der Waals surface area contributed by atoms with Crippen LogP contribution in [0.4, 0.5) is 0 Å². The van der Waals surface area contributed by atoms with Crippen molar-refractivity contribution in [3.8, 4) is 5.75 Å². The molecule has 1 aromatic rings. The van der Waals surface area contributed by atoms with E-state index in [4.69, 9.17) is 4.74 Å². The minimum absolute atomic E-state index is 0.0669. The van der Waals surface area contributed by atoms with Gasteiger partial charge in [0.05, 0.1) is 25.6 Å². The van der Waals surface area contributed by atoms with Crippen molar-refractivity contribution >= 4 is 11.8 Å². The second-order valence-corrected chi connectivity index (χ2v) is 8.66. The van der Waals surface area contributed by atoms with E-state index in [-0.39, 0.29) is 36.4 Å². The predicted molar refractivity (Wildman–Crippen MR) is 108 cm³/mol. The van der Waals surface area contributed by atoms with Gasteiger partial charge in [-0.1, -0.05) is 12.1 Å². The summed E-state index contributed by atoms with van der Waals surface area (Å²) in [6.45, 7) is 2.76. The van der Waals surface area contributed by atoms with Crippen LogP contribution in [0.5, 0.6) is 5.75 Å². The van der Waals surface area contributed by atoms with Crippen LogP contribution >= 0.6 is 0 Å². The van der Waals surface area contributed by atoms with E-state index < -0.39 is 0 Å². The number of methoxy groups -OCH3 is 1. The van der Waals surface area contributed by atoms with Gasteiger partial charge >= 0.3 is 0 Å². The maximum Gasteiger partial charge on any atom is 0.237 e. The average Bonchev–Trinajstić information content (AvgIpc) is 3.13. The summed E-state index contributed by atoms with van der Waals surface area (Å²) < 4.78 is 5.28. The van der Waals surface area contributed by atoms with Gasteiger partial charge in [-0.05, 0) is 49.9 Å². The van der Waals surface area contributed by atoms with Gasteiger partial charge in [0.1, 0.15) is 5.75 Å². The van der Waals surface area contributed by atoms with Crippen LogP contribution in [0.15, 0.2) is 24.3 Å². The van der Waals surface area contributed by atoms with Crippen LogP contribution in [0.3, 0.4) is 0 Å². The molecule has 7 nitrogen and oxygen atoms in total. The number of hydrogen-bond acceptors (Lipinski definition) is 5. The van der Waals surface area contributed by atoms with E-state index in [1.54, 1.807) is 7.11 Å². The van der Waals surface area contributed by atoms with Crippen LogP contribution in [0.1, 0.15) is 30.9 Å². The minimum atomic E-state index is -0.227. The first-order chi connectivity index (χ1) is 14.0. The van der Waals surface area contributed by atoms with Crippen molar-refractivity contribution in [1.29, 1.82) is 0 Å². The molecule has 158 valence electrons. The molecule has 3 saturated heterocycles. The number of likely N-dealkylation sites (tertiary alicyclic amines) is 1. The van der Waals surface area contributed by atoms with Gasteiger partial charge in [0.25, 0.3) is 0 Å². The summed E-state index contributed by atoms with van der Waals surface area (Å²) in [5.41, 5.74) is 0.995. The van der Waals surface area contributed by atoms with Crippen LogP contribution in [-0.4, -0.2) is 84.6 Å². The Morgan fingerprint density at radius 1 is 1.21 bits per heavy atom. The third kappa shape index (κ3) is 3.85. The SMILES string of the molecule is COc1ccc([C@@H]2[C@H](C(=O)N3CCC(CO)CC3)C[C@@H]3CN(C)CC(=O)N32)cc1. The number of aliphatic hydroxyl groups excluding tert-OH is 1.